The summed E-state index contributed by atoms with van der Waals surface area (Å²) in [5.41, 5.74) is 3.70. The molecule has 8 heteroatoms. The van der Waals surface area contributed by atoms with Gasteiger partial charge in [0.2, 0.25) is 0 Å². The third-order valence-electron chi connectivity index (χ3n) is 10.4. The normalized spacial score (nSPS) is 24.7. The minimum Gasteiger partial charge on any atom is -0.483 e. The molecule has 3 aliphatic heterocycles. The number of aliphatic hydroxyl groups is 1. The van der Waals surface area contributed by atoms with Gasteiger partial charge in [-0.15, -0.1) is 0 Å². The van der Waals surface area contributed by atoms with Crippen molar-refractivity contribution in [2.24, 2.45) is 5.92 Å². The number of esters is 2. The molecular weight excluding hydrogens is 632 g/mol. The fraction of sp³-hybridized carbons (Fsp3) is 0.357. The lowest BCUT2D eigenvalue weighted by Crippen LogP contribution is -2.52. The van der Waals surface area contributed by atoms with Crippen LogP contribution in [0.3, 0.4) is 0 Å². The van der Waals surface area contributed by atoms with Crippen molar-refractivity contribution in [2.45, 2.75) is 89.6 Å². The molecule has 1 aromatic heterocycles. The highest BCUT2D eigenvalue weighted by Crippen LogP contribution is 2.48. The van der Waals surface area contributed by atoms with Gasteiger partial charge in [0.05, 0.1) is 12.2 Å². The molecule has 3 aromatic carbocycles. The van der Waals surface area contributed by atoms with Crippen molar-refractivity contribution in [1.29, 1.82) is 0 Å². The largest absolute Gasteiger partial charge is 0.483 e. The molecule has 0 saturated heterocycles. The van der Waals surface area contributed by atoms with Crippen LogP contribution in [0.5, 0.6) is 5.75 Å². The Morgan fingerprint density at radius 2 is 1.64 bits per heavy atom. The van der Waals surface area contributed by atoms with E-state index in [1.807, 2.05) is 32.0 Å². The summed E-state index contributed by atoms with van der Waals surface area (Å²) in [6.45, 7) is 6.93. The molecule has 0 amide bonds. The van der Waals surface area contributed by atoms with Crippen molar-refractivity contribution in [3.63, 3.8) is 0 Å². The quantitative estimate of drug-likeness (QED) is 0.0994. The zero-order chi connectivity index (χ0) is 35.2. The maximum absolute atomic E-state index is 14.3. The lowest BCUT2D eigenvalue weighted by molar-refractivity contribution is -0.188. The molecule has 0 saturated carbocycles. The first-order valence-electron chi connectivity index (χ1n) is 17.3. The summed E-state index contributed by atoms with van der Waals surface area (Å²) >= 11 is 0. The van der Waals surface area contributed by atoms with E-state index in [0.717, 1.165) is 23.1 Å². The van der Waals surface area contributed by atoms with Gasteiger partial charge in [-0.3, -0.25) is 4.79 Å². The molecule has 5 unspecified atom stereocenters. The first-order chi connectivity index (χ1) is 24.0. The third kappa shape index (κ3) is 6.40. The maximum Gasteiger partial charge on any atom is 0.336 e. The number of aryl methyl sites for hydroxylation is 1. The summed E-state index contributed by atoms with van der Waals surface area (Å²) in [5.74, 6) is -0.639. The van der Waals surface area contributed by atoms with Gasteiger partial charge >= 0.3 is 17.6 Å². The van der Waals surface area contributed by atoms with Crippen molar-refractivity contribution in [1.82, 2.24) is 0 Å². The van der Waals surface area contributed by atoms with Gasteiger partial charge in [-0.25, -0.2) is 9.59 Å². The number of allylic oxidation sites excluding steroid dienone is 3. The standard InChI is InChI=1S/C42H42O8/c1-24(2)31-16-12-25-10-13-27(14-11-25)32-17-15-28(26-8-6-5-7-9-26)20-29(32)21-35(44)48-39-37-34(50-42(3,4)40(39)49-41(31)46)19-18-33-30(23-43)22-36(45)47-38(33)37/h5-11,13-15,17-19,22,28-29,32,39-40,43H,12,16,20-21,23H2,1-4H3. The number of benzene rings is 3. The number of ether oxygens (including phenoxy) is 3. The van der Waals surface area contributed by atoms with Crippen molar-refractivity contribution in [2.75, 3.05) is 0 Å². The number of hydrogen-bond donors (Lipinski definition) is 1. The molecule has 4 heterocycles. The van der Waals surface area contributed by atoms with E-state index in [0.29, 0.717) is 35.1 Å². The zero-order valence-electron chi connectivity index (χ0n) is 28.8. The summed E-state index contributed by atoms with van der Waals surface area (Å²) in [5, 5.41) is 10.6. The predicted molar refractivity (Wildman–Crippen MR) is 189 cm³/mol. The number of carbonyl (C=O) groups excluding carboxylic acids is 2. The lowest BCUT2D eigenvalue weighted by atomic mass is 9.72. The summed E-state index contributed by atoms with van der Waals surface area (Å²) < 4.78 is 24.9. The number of hydrogen-bond acceptors (Lipinski definition) is 8. The Kier molecular flexibility index (Phi) is 8.99. The second-order valence-electron chi connectivity index (χ2n) is 14.4. The number of carbonyl (C=O) groups is 2. The Balaban J connectivity index is 1.36. The molecule has 2 bridgehead atoms. The molecule has 0 spiro atoms. The molecule has 50 heavy (non-hydrogen) atoms. The van der Waals surface area contributed by atoms with Gasteiger partial charge in [0, 0.05) is 35.3 Å². The van der Waals surface area contributed by atoms with Crippen LogP contribution in [0.4, 0.5) is 0 Å². The van der Waals surface area contributed by atoms with E-state index >= 15 is 0 Å². The molecular formula is C42H42O8. The highest BCUT2D eigenvalue weighted by atomic mass is 16.6. The Labute approximate surface area is 291 Å². The van der Waals surface area contributed by atoms with Crippen molar-refractivity contribution < 1.29 is 33.3 Å². The van der Waals surface area contributed by atoms with Crippen LogP contribution in [-0.4, -0.2) is 28.8 Å². The van der Waals surface area contributed by atoms with Crippen LogP contribution in [0.15, 0.2) is 105 Å². The van der Waals surface area contributed by atoms with Crippen LogP contribution in [0.2, 0.25) is 0 Å². The molecule has 4 aliphatic rings. The average molecular weight is 675 g/mol. The molecule has 0 fully saturated rings. The van der Waals surface area contributed by atoms with Crippen LogP contribution < -0.4 is 10.4 Å². The molecule has 1 N–H and O–H groups in total. The van der Waals surface area contributed by atoms with Crippen LogP contribution in [-0.2, 0) is 32.1 Å². The van der Waals surface area contributed by atoms with E-state index in [9.17, 15) is 19.5 Å². The first-order valence-corrected chi connectivity index (χ1v) is 17.3. The molecule has 0 radical (unpaired) electrons. The van der Waals surface area contributed by atoms with Gasteiger partial charge in [0.25, 0.3) is 0 Å². The maximum atomic E-state index is 14.3. The number of aliphatic hydroxyl groups excluding tert-OH is 1. The third-order valence-corrected chi connectivity index (χ3v) is 10.4. The van der Waals surface area contributed by atoms with Gasteiger partial charge in [-0.2, -0.15) is 0 Å². The molecule has 4 aromatic rings. The first kappa shape index (κ1) is 33.5. The fourth-order valence-electron chi connectivity index (χ4n) is 7.79. The predicted octanol–water partition coefficient (Wildman–Crippen LogP) is 7.77. The summed E-state index contributed by atoms with van der Waals surface area (Å²) in [6.07, 6.45) is 4.13. The van der Waals surface area contributed by atoms with Crippen LogP contribution >= 0.6 is 0 Å². The summed E-state index contributed by atoms with van der Waals surface area (Å²) in [4.78, 5) is 41.1. The van der Waals surface area contributed by atoms with Crippen molar-refractivity contribution in [3.8, 4) is 5.75 Å². The van der Waals surface area contributed by atoms with Gasteiger partial charge in [-0.05, 0) is 87.3 Å². The summed E-state index contributed by atoms with van der Waals surface area (Å²) in [7, 11) is 0. The van der Waals surface area contributed by atoms with Crippen LogP contribution in [0.25, 0.3) is 11.0 Å². The van der Waals surface area contributed by atoms with Gasteiger partial charge in [0.15, 0.2) is 12.2 Å². The van der Waals surface area contributed by atoms with Gasteiger partial charge in [0.1, 0.15) is 16.9 Å². The Bertz CT molecular complexity index is 2050. The minimum absolute atomic E-state index is 0.0178. The van der Waals surface area contributed by atoms with E-state index in [1.54, 1.807) is 26.0 Å². The van der Waals surface area contributed by atoms with E-state index < -0.39 is 42.0 Å². The SMILES string of the molecule is CC(C)=C1CCc2ccc(cc2)C2C=CC(c3ccccc3)CC2CC(=O)OC2c3c(ccc4c(CO)cc(=O)oc34)OC(C)(C)C2OC1=O. The second-order valence-corrected chi connectivity index (χ2v) is 14.4. The van der Waals surface area contributed by atoms with E-state index in [-0.39, 0.29) is 35.3 Å². The Morgan fingerprint density at radius 3 is 2.36 bits per heavy atom. The number of fused-ring (bicyclic) bond motifs is 11. The fourth-order valence-corrected chi connectivity index (χ4v) is 7.79. The molecule has 8 nitrogen and oxygen atoms in total. The van der Waals surface area contributed by atoms with Crippen LogP contribution in [0.1, 0.15) is 92.7 Å². The van der Waals surface area contributed by atoms with Crippen LogP contribution in [0, 0.1) is 5.92 Å². The summed E-state index contributed by atoms with van der Waals surface area (Å²) in [6, 6.07) is 23.4. The van der Waals surface area contributed by atoms with Crippen molar-refractivity contribution >= 4 is 22.9 Å². The monoisotopic (exact) mass is 674 g/mol. The lowest BCUT2D eigenvalue weighted by Gasteiger charge is -2.43. The molecule has 8 rings (SSSR count). The number of rotatable bonds is 2. The van der Waals surface area contributed by atoms with Crippen molar-refractivity contribution in [3.05, 3.63) is 134 Å². The second kappa shape index (κ2) is 13.4. The highest BCUT2D eigenvalue weighted by molar-refractivity contribution is 5.90. The Hall–Kier alpha value is -4.95. The van der Waals surface area contributed by atoms with Gasteiger partial charge < -0.3 is 23.7 Å². The topological polar surface area (TPSA) is 112 Å². The minimum atomic E-state index is -1.17. The van der Waals surface area contributed by atoms with Gasteiger partial charge in [-0.1, -0.05) is 72.3 Å². The highest BCUT2D eigenvalue weighted by Gasteiger charge is 2.51. The molecule has 1 aliphatic carbocycles. The zero-order valence-corrected chi connectivity index (χ0v) is 28.8. The van der Waals surface area contributed by atoms with E-state index in [1.165, 1.54) is 11.6 Å². The van der Waals surface area contributed by atoms with E-state index in [2.05, 4.69) is 48.6 Å². The average Bonchev–Trinajstić information content (AvgIpc) is 3.09. The Morgan fingerprint density at radius 1 is 0.880 bits per heavy atom. The van der Waals surface area contributed by atoms with E-state index in [4.69, 9.17) is 18.6 Å². The molecule has 258 valence electrons. The molecule has 5 atom stereocenters. The smallest absolute Gasteiger partial charge is 0.336 e.